The molecule has 1 unspecified atom stereocenters. The Morgan fingerprint density at radius 2 is 2.27 bits per heavy atom. The van der Waals surface area contributed by atoms with E-state index in [9.17, 15) is 8.78 Å². The summed E-state index contributed by atoms with van der Waals surface area (Å²) in [6.45, 7) is 3.86. The first-order chi connectivity index (χ1) is 7.16. The third kappa shape index (κ3) is 3.38. The minimum Gasteiger partial charge on any atom is -0.316 e. The highest BCUT2D eigenvalue weighted by atomic mass is 19.3. The molecule has 0 amide bonds. The van der Waals surface area contributed by atoms with Crippen LogP contribution in [0.25, 0.3) is 0 Å². The van der Waals surface area contributed by atoms with Crippen LogP contribution in [0.1, 0.15) is 25.7 Å². The van der Waals surface area contributed by atoms with Gasteiger partial charge in [-0.3, -0.25) is 4.90 Å². The Labute approximate surface area is 90.0 Å². The number of nitrogens with zero attached hydrogens (tertiary/aromatic N) is 1. The van der Waals surface area contributed by atoms with Gasteiger partial charge in [-0.1, -0.05) is 0 Å². The van der Waals surface area contributed by atoms with Gasteiger partial charge in [-0.05, 0) is 51.4 Å². The van der Waals surface area contributed by atoms with Crippen LogP contribution in [0, 0.1) is 5.92 Å². The minimum absolute atomic E-state index is 0.0207. The second-order valence-corrected chi connectivity index (χ2v) is 4.88. The highest BCUT2D eigenvalue weighted by Crippen LogP contribution is 2.27. The number of halogens is 2. The van der Waals surface area contributed by atoms with Gasteiger partial charge in [0.2, 0.25) is 0 Å². The average molecular weight is 218 g/mol. The molecule has 4 heteroatoms. The van der Waals surface area contributed by atoms with Crippen LogP contribution < -0.4 is 5.32 Å². The Balaban J connectivity index is 1.69. The first-order valence-corrected chi connectivity index (χ1v) is 5.97. The van der Waals surface area contributed by atoms with Gasteiger partial charge in [0.05, 0.1) is 6.54 Å². The molecule has 15 heavy (non-hydrogen) atoms. The Morgan fingerprint density at radius 3 is 2.93 bits per heavy atom. The maximum atomic E-state index is 13.1. The molecule has 0 spiro atoms. The van der Waals surface area contributed by atoms with Crippen LogP contribution >= 0.6 is 0 Å². The molecular formula is C11H20F2N2. The Morgan fingerprint density at radius 1 is 1.40 bits per heavy atom. The summed E-state index contributed by atoms with van der Waals surface area (Å²) in [6.07, 6.45) is 3.01. The van der Waals surface area contributed by atoms with E-state index in [1.807, 2.05) is 4.90 Å². The van der Waals surface area contributed by atoms with Crippen LogP contribution in [0.15, 0.2) is 0 Å². The molecule has 88 valence electrons. The molecule has 2 aliphatic rings. The van der Waals surface area contributed by atoms with Crippen LogP contribution in [0.4, 0.5) is 8.78 Å². The van der Waals surface area contributed by atoms with Crippen LogP contribution in [-0.4, -0.2) is 43.5 Å². The zero-order valence-electron chi connectivity index (χ0n) is 9.14. The lowest BCUT2D eigenvalue weighted by Gasteiger charge is -2.32. The molecule has 0 aromatic heterocycles. The molecular weight excluding hydrogens is 198 g/mol. The number of rotatable bonds is 3. The molecule has 0 aromatic carbocycles. The molecule has 0 radical (unpaired) electrons. The molecule has 2 nitrogen and oxygen atoms in total. The van der Waals surface area contributed by atoms with Crippen molar-refractivity contribution in [2.75, 3.05) is 32.7 Å². The standard InChI is InChI=1S/C11H20F2N2/c12-11(13)4-1-6-15(9-11)7-3-10-2-5-14-8-10/h10,14H,1-9H2. The van der Waals surface area contributed by atoms with Gasteiger partial charge in [0, 0.05) is 6.42 Å². The molecule has 1 atom stereocenters. The van der Waals surface area contributed by atoms with E-state index in [1.165, 1.54) is 6.42 Å². The van der Waals surface area contributed by atoms with E-state index in [0.29, 0.717) is 12.3 Å². The minimum atomic E-state index is -2.44. The van der Waals surface area contributed by atoms with Crippen molar-refractivity contribution in [2.45, 2.75) is 31.6 Å². The molecule has 2 heterocycles. The van der Waals surface area contributed by atoms with Gasteiger partial charge < -0.3 is 5.32 Å². The molecule has 0 aliphatic carbocycles. The Kier molecular flexibility index (Phi) is 3.57. The number of likely N-dealkylation sites (tertiary alicyclic amines) is 1. The van der Waals surface area contributed by atoms with Crippen LogP contribution in [0.3, 0.4) is 0 Å². The predicted octanol–water partition coefficient (Wildman–Crippen LogP) is 1.72. The lowest BCUT2D eigenvalue weighted by Crippen LogP contribution is -2.43. The maximum Gasteiger partial charge on any atom is 0.260 e. The monoisotopic (exact) mass is 218 g/mol. The zero-order valence-corrected chi connectivity index (χ0v) is 9.14. The second-order valence-electron chi connectivity index (χ2n) is 4.88. The van der Waals surface area contributed by atoms with Gasteiger partial charge in [-0.2, -0.15) is 0 Å². The summed E-state index contributed by atoms with van der Waals surface area (Å²) in [5.41, 5.74) is 0. The summed E-state index contributed by atoms with van der Waals surface area (Å²) in [7, 11) is 0. The predicted molar refractivity (Wildman–Crippen MR) is 56.2 cm³/mol. The summed E-state index contributed by atoms with van der Waals surface area (Å²) in [5, 5.41) is 3.31. The van der Waals surface area contributed by atoms with Crippen molar-refractivity contribution in [1.82, 2.24) is 10.2 Å². The Bertz CT molecular complexity index is 203. The van der Waals surface area contributed by atoms with E-state index in [1.54, 1.807) is 0 Å². The van der Waals surface area contributed by atoms with Crippen molar-refractivity contribution in [2.24, 2.45) is 5.92 Å². The van der Waals surface area contributed by atoms with E-state index >= 15 is 0 Å². The van der Waals surface area contributed by atoms with Gasteiger partial charge >= 0.3 is 0 Å². The smallest absolute Gasteiger partial charge is 0.260 e. The van der Waals surface area contributed by atoms with E-state index < -0.39 is 5.92 Å². The third-order valence-electron chi connectivity index (χ3n) is 3.49. The van der Waals surface area contributed by atoms with Crippen molar-refractivity contribution in [3.63, 3.8) is 0 Å². The fraction of sp³-hybridized carbons (Fsp3) is 1.00. The molecule has 0 bridgehead atoms. The lowest BCUT2D eigenvalue weighted by molar-refractivity contribution is -0.0646. The van der Waals surface area contributed by atoms with Gasteiger partial charge in [-0.25, -0.2) is 8.78 Å². The van der Waals surface area contributed by atoms with E-state index in [0.717, 1.165) is 32.6 Å². The first kappa shape index (κ1) is 11.3. The maximum absolute atomic E-state index is 13.1. The topological polar surface area (TPSA) is 15.3 Å². The molecule has 2 saturated heterocycles. The van der Waals surface area contributed by atoms with E-state index in [2.05, 4.69) is 5.32 Å². The second kappa shape index (κ2) is 4.74. The number of hydrogen-bond donors (Lipinski definition) is 1. The average Bonchev–Trinajstić information content (AvgIpc) is 2.65. The number of piperidine rings is 1. The molecule has 1 N–H and O–H groups in total. The van der Waals surface area contributed by atoms with Crippen LogP contribution in [-0.2, 0) is 0 Å². The summed E-state index contributed by atoms with van der Waals surface area (Å²) in [5.74, 6) is -1.73. The SMILES string of the molecule is FC1(F)CCCN(CCC2CCNC2)C1. The quantitative estimate of drug-likeness (QED) is 0.776. The molecule has 0 saturated carbocycles. The highest BCUT2D eigenvalue weighted by molar-refractivity contribution is 4.80. The summed E-state index contributed by atoms with van der Waals surface area (Å²) >= 11 is 0. The normalized spacial score (nSPS) is 32.0. The fourth-order valence-electron chi connectivity index (χ4n) is 2.56. The van der Waals surface area contributed by atoms with Crippen molar-refractivity contribution in [1.29, 1.82) is 0 Å². The first-order valence-electron chi connectivity index (χ1n) is 5.97. The van der Waals surface area contributed by atoms with Crippen molar-refractivity contribution in [3.8, 4) is 0 Å². The largest absolute Gasteiger partial charge is 0.316 e. The molecule has 0 aromatic rings. The summed E-state index contributed by atoms with van der Waals surface area (Å²) in [6, 6.07) is 0. The fourth-order valence-corrected chi connectivity index (χ4v) is 2.56. The number of nitrogens with one attached hydrogen (secondary N) is 1. The number of hydrogen-bond acceptors (Lipinski definition) is 2. The van der Waals surface area contributed by atoms with Crippen LogP contribution in [0.5, 0.6) is 0 Å². The van der Waals surface area contributed by atoms with E-state index in [-0.39, 0.29) is 13.0 Å². The Hall–Kier alpha value is -0.220. The van der Waals surface area contributed by atoms with Crippen molar-refractivity contribution in [3.05, 3.63) is 0 Å². The van der Waals surface area contributed by atoms with Gasteiger partial charge in [0.15, 0.2) is 0 Å². The van der Waals surface area contributed by atoms with Crippen LogP contribution in [0.2, 0.25) is 0 Å². The molecule has 2 rings (SSSR count). The van der Waals surface area contributed by atoms with Gasteiger partial charge in [0.25, 0.3) is 5.92 Å². The summed E-state index contributed by atoms with van der Waals surface area (Å²) < 4.78 is 26.2. The third-order valence-corrected chi connectivity index (χ3v) is 3.49. The van der Waals surface area contributed by atoms with Crippen molar-refractivity contribution >= 4 is 0 Å². The highest BCUT2D eigenvalue weighted by Gasteiger charge is 2.34. The summed E-state index contributed by atoms with van der Waals surface area (Å²) in [4.78, 5) is 1.93. The van der Waals surface area contributed by atoms with E-state index in [4.69, 9.17) is 0 Å². The zero-order chi connectivity index (χ0) is 10.7. The molecule has 2 aliphatic heterocycles. The van der Waals surface area contributed by atoms with Crippen molar-refractivity contribution < 1.29 is 8.78 Å². The molecule has 2 fully saturated rings. The number of alkyl halides is 2. The van der Waals surface area contributed by atoms with Gasteiger partial charge in [-0.15, -0.1) is 0 Å². The van der Waals surface area contributed by atoms with Gasteiger partial charge in [0.1, 0.15) is 0 Å². The lowest BCUT2D eigenvalue weighted by atomic mass is 10.0.